The number of nitrogens with one attached hydrogen (secondary N) is 3. The number of guanidine groups is 1. The van der Waals surface area contributed by atoms with Crippen LogP contribution in [0.3, 0.4) is 0 Å². The summed E-state index contributed by atoms with van der Waals surface area (Å²) >= 11 is 0. The second kappa shape index (κ2) is 11.5. The molecule has 1 heterocycles. The Morgan fingerprint density at radius 2 is 1.97 bits per heavy atom. The van der Waals surface area contributed by atoms with Gasteiger partial charge in [0.15, 0.2) is 5.96 Å². The maximum Gasteiger partial charge on any atom is 0.341 e. The second-order valence-electron chi connectivity index (χ2n) is 6.87. The highest BCUT2D eigenvalue weighted by molar-refractivity contribution is 14.0. The number of nitrogens with zero attached hydrogens (tertiary/aromatic N) is 1. The van der Waals surface area contributed by atoms with E-state index in [1.54, 1.807) is 19.2 Å². The standard InChI is InChI=1S/C22H26N4O4.HI/c1-23-22(24-12-14-8-9-17(21(28)30-3)19(10-14)29-2)25-13-15-11-20(27)26-18-7-5-4-6-16(15)18;/h4-10,15H,11-13H2,1-3H3,(H,26,27)(H2,23,24,25);1H. The van der Waals surface area contributed by atoms with E-state index >= 15 is 0 Å². The molecule has 0 bridgehead atoms. The Kier molecular flexibility index (Phi) is 9.10. The molecule has 0 spiro atoms. The molecule has 0 aromatic heterocycles. The first-order chi connectivity index (χ1) is 14.5. The van der Waals surface area contributed by atoms with Gasteiger partial charge in [-0.15, -0.1) is 24.0 Å². The minimum absolute atomic E-state index is 0. The molecule has 8 nitrogen and oxygen atoms in total. The van der Waals surface area contributed by atoms with E-state index in [2.05, 4.69) is 20.9 Å². The number of anilines is 1. The van der Waals surface area contributed by atoms with Crippen molar-refractivity contribution in [1.29, 1.82) is 0 Å². The molecule has 0 fully saturated rings. The Balaban J connectivity index is 0.00000341. The van der Waals surface area contributed by atoms with Crippen LogP contribution in [0.25, 0.3) is 0 Å². The monoisotopic (exact) mass is 538 g/mol. The maximum absolute atomic E-state index is 12.0. The summed E-state index contributed by atoms with van der Waals surface area (Å²) in [5.74, 6) is 0.707. The van der Waals surface area contributed by atoms with Crippen molar-refractivity contribution in [3.05, 3.63) is 59.2 Å². The van der Waals surface area contributed by atoms with Gasteiger partial charge in [0, 0.05) is 38.2 Å². The highest BCUT2D eigenvalue weighted by atomic mass is 127. The van der Waals surface area contributed by atoms with Gasteiger partial charge in [-0.2, -0.15) is 0 Å². The molecule has 1 aliphatic heterocycles. The Hall–Kier alpha value is -2.82. The summed E-state index contributed by atoms with van der Waals surface area (Å²) in [4.78, 5) is 28.0. The van der Waals surface area contributed by atoms with Gasteiger partial charge in [0.2, 0.25) is 5.91 Å². The number of esters is 1. The first-order valence-corrected chi connectivity index (χ1v) is 9.64. The van der Waals surface area contributed by atoms with Crippen molar-refractivity contribution < 1.29 is 19.1 Å². The van der Waals surface area contributed by atoms with Gasteiger partial charge in [-0.25, -0.2) is 4.79 Å². The fourth-order valence-electron chi connectivity index (χ4n) is 3.43. The van der Waals surface area contributed by atoms with Gasteiger partial charge in [-0.3, -0.25) is 9.79 Å². The van der Waals surface area contributed by atoms with Crippen LogP contribution in [0.5, 0.6) is 5.75 Å². The van der Waals surface area contributed by atoms with Gasteiger partial charge >= 0.3 is 5.97 Å². The fraction of sp³-hybridized carbons (Fsp3) is 0.318. The molecule has 166 valence electrons. The molecule has 0 radical (unpaired) electrons. The van der Waals surface area contributed by atoms with E-state index < -0.39 is 5.97 Å². The van der Waals surface area contributed by atoms with E-state index in [9.17, 15) is 9.59 Å². The fourth-order valence-corrected chi connectivity index (χ4v) is 3.43. The molecular formula is C22H27IN4O4. The first kappa shape index (κ1) is 24.4. The summed E-state index contributed by atoms with van der Waals surface area (Å²) in [5, 5.41) is 9.44. The first-order valence-electron chi connectivity index (χ1n) is 9.64. The van der Waals surface area contributed by atoms with Crippen LogP contribution in [0.15, 0.2) is 47.5 Å². The van der Waals surface area contributed by atoms with Crippen molar-refractivity contribution in [2.75, 3.05) is 33.1 Å². The summed E-state index contributed by atoms with van der Waals surface area (Å²) in [6.45, 7) is 1.06. The number of methoxy groups -OCH3 is 2. The van der Waals surface area contributed by atoms with Crippen molar-refractivity contribution in [1.82, 2.24) is 10.6 Å². The minimum atomic E-state index is -0.444. The molecular weight excluding hydrogens is 511 g/mol. The van der Waals surface area contributed by atoms with Crippen molar-refractivity contribution in [2.24, 2.45) is 4.99 Å². The zero-order valence-electron chi connectivity index (χ0n) is 17.7. The van der Waals surface area contributed by atoms with E-state index in [1.165, 1.54) is 14.2 Å². The van der Waals surface area contributed by atoms with Gasteiger partial charge in [0.25, 0.3) is 0 Å². The lowest BCUT2D eigenvalue weighted by atomic mass is 9.90. The minimum Gasteiger partial charge on any atom is -0.496 e. The third-order valence-corrected chi connectivity index (χ3v) is 4.98. The number of hydrogen-bond acceptors (Lipinski definition) is 5. The zero-order valence-corrected chi connectivity index (χ0v) is 20.1. The number of benzene rings is 2. The molecule has 31 heavy (non-hydrogen) atoms. The van der Waals surface area contributed by atoms with Crippen molar-refractivity contribution in [3.63, 3.8) is 0 Å². The van der Waals surface area contributed by atoms with Crippen molar-refractivity contribution >= 4 is 47.5 Å². The predicted octanol–water partition coefficient (Wildman–Crippen LogP) is 2.89. The number of amides is 1. The van der Waals surface area contributed by atoms with Gasteiger partial charge in [0.05, 0.1) is 14.2 Å². The van der Waals surface area contributed by atoms with E-state index in [4.69, 9.17) is 9.47 Å². The smallest absolute Gasteiger partial charge is 0.341 e. The van der Waals surface area contributed by atoms with Crippen LogP contribution in [0.2, 0.25) is 0 Å². The normalized spacial score (nSPS) is 15.1. The number of hydrogen-bond donors (Lipinski definition) is 3. The van der Waals surface area contributed by atoms with Gasteiger partial charge in [0.1, 0.15) is 11.3 Å². The highest BCUT2D eigenvalue weighted by Gasteiger charge is 2.24. The lowest BCUT2D eigenvalue weighted by Crippen LogP contribution is -2.40. The summed E-state index contributed by atoms with van der Waals surface area (Å²) in [6, 6.07) is 13.1. The molecule has 0 aliphatic carbocycles. The molecule has 3 N–H and O–H groups in total. The number of rotatable bonds is 6. The van der Waals surface area contributed by atoms with Crippen LogP contribution < -0.4 is 20.7 Å². The number of carbonyl (C=O) groups is 2. The maximum atomic E-state index is 12.0. The van der Waals surface area contributed by atoms with E-state index in [1.807, 2.05) is 30.3 Å². The van der Waals surface area contributed by atoms with Crippen LogP contribution in [-0.2, 0) is 16.1 Å². The van der Waals surface area contributed by atoms with Crippen molar-refractivity contribution in [3.8, 4) is 5.75 Å². The molecule has 2 aromatic carbocycles. The average molecular weight is 538 g/mol. The number of ether oxygens (including phenoxy) is 2. The van der Waals surface area contributed by atoms with Crippen LogP contribution in [0.4, 0.5) is 5.69 Å². The Morgan fingerprint density at radius 3 is 2.68 bits per heavy atom. The average Bonchev–Trinajstić information content (AvgIpc) is 2.78. The second-order valence-corrected chi connectivity index (χ2v) is 6.87. The summed E-state index contributed by atoms with van der Waals surface area (Å²) in [7, 11) is 4.54. The summed E-state index contributed by atoms with van der Waals surface area (Å²) < 4.78 is 10.1. The van der Waals surface area contributed by atoms with Crippen LogP contribution >= 0.6 is 24.0 Å². The molecule has 1 atom stereocenters. The number of para-hydroxylation sites is 1. The zero-order chi connectivity index (χ0) is 21.5. The third kappa shape index (κ3) is 6.09. The van der Waals surface area contributed by atoms with Crippen molar-refractivity contribution in [2.45, 2.75) is 18.9 Å². The molecule has 3 rings (SSSR count). The Morgan fingerprint density at radius 1 is 1.19 bits per heavy atom. The quantitative estimate of drug-likeness (QED) is 0.227. The highest BCUT2D eigenvalue weighted by Crippen LogP contribution is 2.31. The molecule has 0 saturated heterocycles. The molecule has 1 aliphatic rings. The molecule has 1 amide bonds. The molecule has 0 saturated carbocycles. The largest absolute Gasteiger partial charge is 0.496 e. The van der Waals surface area contributed by atoms with Crippen LogP contribution in [0.1, 0.15) is 33.8 Å². The number of carbonyl (C=O) groups excluding carboxylic acids is 2. The van der Waals surface area contributed by atoms with Gasteiger partial charge in [-0.1, -0.05) is 24.3 Å². The lowest BCUT2D eigenvalue weighted by Gasteiger charge is -2.26. The Labute approximate surface area is 198 Å². The topological polar surface area (TPSA) is 101 Å². The summed E-state index contributed by atoms with van der Waals surface area (Å²) in [5.41, 5.74) is 3.27. The van der Waals surface area contributed by atoms with Crippen LogP contribution in [-0.4, -0.2) is 45.6 Å². The number of aliphatic imine (C=N–C) groups is 1. The summed E-state index contributed by atoms with van der Waals surface area (Å²) in [6.07, 6.45) is 0.424. The van der Waals surface area contributed by atoms with E-state index in [-0.39, 0.29) is 35.8 Å². The molecule has 2 aromatic rings. The molecule has 9 heteroatoms. The number of fused-ring (bicyclic) bond motifs is 1. The number of halogens is 1. The predicted molar refractivity (Wildman–Crippen MR) is 130 cm³/mol. The molecule has 1 unspecified atom stereocenters. The SMILES string of the molecule is CN=C(NCc1ccc(C(=O)OC)c(OC)c1)NCC1CC(=O)Nc2ccccc21.I. The third-order valence-electron chi connectivity index (χ3n) is 4.98. The van der Waals surface area contributed by atoms with Gasteiger partial charge < -0.3 is 25.4 Å². The van der Waals surface area contributed by atoms with Crippen LogP contribution in [0, 0.1) is 0 Å². The lowest BCUT2D eigenvalue weighted by molar-refractivity contribution is -0.116. The van der Waals surface area contributed by atoms with Gasteiger partial charge in [-0.05, 0) is 29.3 Å². The Bertz CT molecular complexity index is 964. The van der Waals surface area contributed by atoms with E-state index in [0.717, 1.165) is 16.8 Å². The van der Waals surface area contributed by atoms with E-state index in [0.29, 0.717) is 36.8 Å².